The second kappa shape index (κ2) is 7.24. The van der Waals surface area contributed by atoms with E-state index in [-0.39, 0.29) is 12.0 Å². The first-order chi connectivity index (χ1) is 11.3. The SMILES string of the molecule is CCO[C@H]1CCN(C(=O)c2cc(Oc3ccccc3)ccn2)C1. The van der Waals surface area contributed by atoms with Crippen molar-refractivity contribution in [3.05, 3.63) is 54.4 Å². The van der Waals surface area contributed by atoms with E-state index in [9.17, 15) is 4.79 Å². The second-order valence-electron chi connectivity index (χ2n) is 5.41. The van der Waals surface area contributed by atoms with E-state index in [2.05, 4.69) is 4.98 Å². The van der Waals surface area contributed by atoms with Gasteiger partial charge in [0.1, 0.15) is 17.2 Å². The summed E-state index contributed by atoms with van der Waals surface area (Å²) in [4.78, 5) is 18.5. The van der Waals surface area contributed by atoms with Gasteiger partial charge in [0.15, 0.2) is 0 Å². The van der Waals surface area contributed by atoms with Crippen LogP contribution >= 0.6 is 0 Å². The summed E-state index contributed by atoms with van der Waals surface area (Å²) in [6.45, 7) is 3.97. The molecule has 3 rings (SSSR count). The van der Waals surface area contributed by atoms with E-state index in [0.29, 0.717) is 31.1 Å². The fourth-order valence-electron chi connectivity index (χ4n) is 2.66. The van der Waals surface area contributed by atoms with E-state index >= 15 is 0 Å². The summed E-state index contributed by atoms with van der Waals surface area (Å²) in [5.41, 5.74) is 0.399. The largest absolute Gasteiger partial charge is 0.457 e. The van der Waals surface area contributed by atoms with E-state index < -0.39 is 0 Å². The highest BCUT2D eigenvalue weighted by atomic mass is 16.5. The van der Waals surface area contributed by atoms with E-state index in [1.54, 1.807) is 23.2 Å². The summed E-state index contributed by atoms with van der Waals surface area (Å²) >= 11 is 0. The standard InChI is InChI=1S/C18H20N2O3/c1-2-22-16-9-11-20(13-16)18(21)17-12-15(8-10-19-17)23-14-6-4-3-5-7-14/h3-8,10,12,16H,2,9,11,13H2,1H3/t16-/m0/s1. The van der Waals surface area contributed by atoms with Crippen molar-refractivity contribution >= 4 is 5.91 Å². The van der Waals surface area contributed by atoms with Crippen molar-refractivity contribution < 1.29 is 14.3 Å². The molecule has 23 heavy (non-hydrogen) atoms. The van der Waals surface area contributed by atoms with Gasteiger partial charge in [0.05, 0.1) is 6.10 Å². The Labute approximate surface area is 135 Å². The molecule has 0 aliphatic carbocycles. The predicted molar refractivity (Wildman–Crippen MR) is 86.7 cm³/mol. The molecule has 120 valence electrons. The van der Waals surface area contributed by atoms with Crippen molar-refractivity contribution in [1.82, 2.24) is 9.88 Å². The number of carbonyl (C=O) groups is 1. The topological polar surface area (TPSA) is 51.7 Å². The van der Waals surface area contributed by atoms with Gasteiger partial charge in [-0.15, -0.1) is 0 Å². The number of ether oxygens (including phenoxy) is 2. The molecule has 5 heteroatoms. The zero-order valence-corrected chi connectivity index (χ0v) is 13.1. The highest BCUT2D eigenvalue weighted by Crippen LogP contribution is 2.22. The Morgan fingerprint density at radius 3 is 2.87 bits per heavy atom. The molecular weight excluding hydrogens is 292 g/mol. The number of para-hydroxylation sites is 1. The van der Waals surface area contributed by atoms with Gasteiger partial charge in [0.2, 0.25) is 0 Å². The Bertz CT molecular complexity index is 660. The first kappa shape index (κ1) is 15.5. The first-order valence-electron chi connectivity index (χ1n) is 7.86. The highest BCUT2D eigenvalue weighted by Gasteiger charge is 2.28. The Morgan fingerprint density at radius 2 is 2.09 bits per heavy atom. The van der Waals surface area contributed by atoms with Crippen molar-refractivity contribution in [3.63, 3.8) is 0 Å². The van der Waals surface area contributed by atoms with E-state index in [0.717, 1.165) is 12.2 Å². The molecule has 0 saturated carbocycles. The van der Waals surface area contributed by atoms with Crippen molar-refractivity contribution in [1.29, 1.82) is 0 Å². The van der Waals surface area contributed by atoms with Crippen LogP contribution in [0.25, 0.3) is 0 Å². The van der Waals surface area contributed by atoms with Gasteiger partial charge in [-0.05, 0) is 31.5 Å². The van der Waals surface area contributed by atoms with Gasteiger partial charge >= 0.3 is 0 Å². The maximum atomic E-state index is 12.6. The number of amides is 1. The Hall–Kier alpha value is -2.40. The number of pyridine rings is 1. The minimum absolute atomic E-state index is 0.0780. The van der Waals surface area contributed by atoms with Crippen LogP contribution in [0.3, 0.4) is 0 Å². The average molecular weight is 312 g/mol. The molecule has 0 bridgehead atoms. The van der Waals surface area contributed by atoms with Crippen LogP contribution in [0.4, 0.5) is 0 Å². The fourth-order valence-corrected chi connectivity index (χ4v) is 2.66. The summed E-state index contributed by atoms with van der Waals surface area (Å²) in [5.74, 6) is 1.26. The van der Waals surface area contributed by atoms with E-state index in [1.165, 1.54) is 0 Å². The summed E-state index contributed by atoms with van der Waals surface area (Å²) < 4.78 is 11.3. The maximum absolute atomic E-state index is 12.6. The van der Waals surface area contributed by atoms with Crippen LogP contribution < -0.4 is 4.74 Å². The van der Waals surface area contributed by atoms with Crippen molar-refractivity contribution in [2.45, 2.75) is 19.4 Å². The number of rotatable bonds is 5. The number of hydrogen-bond donors (Lipinski definition) is 0. The maximum Gasteiger partial charge on any atom is 0.272 e. The van der Waals surface area contributed by atoms with Gasteiger partial charge in [0, 0.05) is 32.0 Å². The first-order valence-corrected chi connectivity index (χ1v) is 7.86. The van der Waals surface area contributed by atoms with Gasteiger partial charge in [-0.25, -0.2) is 0 Å². The molecule has 2 heterocycles. The highest BCUT2D eigenvalue weighted by molar-refractivity contribution is 5.92. The number of likely N-dealkylation sites (tertiary alicyclic amines) is 1. The molecule has 5 nitrogen and oxygen atoms in total. The zero-order chi connectivity index (χ0) is 16.1. The molecule has 1 saturated heterocycles. The Balaban J connectivity index is 1.68. The molecule has 0 N–H and O–H groups in total. The summed E-state index contributed by atoms with van der Waals surface area (Å²) in [6.07, 6.45) is 2.61. The van der Waals surface area contributed by atoms with Crippen LogP contribution in [0.15, 0.2) is 48.7 Å². The number of benzene rings is 1. The lowest BCUT2D eigenvalue weighted by Gasteiger charge is -2.16. The number of nitrogens with zero attached hydrogens (tertiary/aromatic N) is 2. The van der Waals surface area contributed by atoms with Crippen LogP contribution in [0.1, 0.15) is 23.8 Å². The predicted octanol–water partition coefficient (Wildman–Crippen LogP) is 3.12. The smallest absolute Gasteiger partial charge is 0.272 e. The van der Waals surface area contributed by atoms with Crippen molar-refractivity contribution in [2.24, 2.45) is 0 Å². The van der Waals surface area contributed by atoms with Gasteiger partial charge in [0.25, 0.3) is 5.91 Å². The van der Waals surface area contributed by atoms with E-state index in [4.69, 9.17) is 9.47 Å². The van der Waals surface area contributed by atoms with Crippen LogP contribution in [0, 0.1) is 0 Å². The molecule has 0 unspecified atom stereocenters. The fraction of sp³-hybridized carbons (Fsp3) is 0.333. The van der Waals surface area contributed by atoms with E-state index in [1.807, 2.05) is 37.3 Å². The molecule has 1 aromatic carbocycles. The number of carbonyl (C=O) groups excluding carboxylic acids is 1. The minimum atomic E-state index is -0.0780. The molecule has 0 radical (unpaired) electrons. The van der Waals surface area contributed by atoms with Crippen LogP contribution in [-0.4, -0.2) is 41.6 Å². The molecule has 1 aliphatic rings. The third-order valence-corrected chi connectivity index (χ3v) is 3.76. The van der Waals surface area contributed by atoms with Gasteiger partial charge in [-0.2, -0.15) is 0 Å². The van der Waals surface area contributed by atoms with Gasteiger partial charge in [-0.1, -0.05) is 18.2 Å². The molecule has 1 aliphatic heterocycles. The number of hydrogen-bond acceptors (Lipinski definition) is 4. The Kier molecular flexibility index (Phi) is 4.88. The number of aromatic nitrogens is 1. The average Bonchev–Trinajstić information content (AvgIpc) is 3.04. The second-order valence-corrected chi connectivity index (χ2v) is 5.41. The zero-order valence-electron chi connectivity index (χ0n) is 13.1. The summed E-state index contributed by atoms with van der Waals surface area (Å²) in [7, 11) is 0. The normalized spacial score (nSPS) is 17.3. The van der Waals surface area contributed by atoms with Crippen LogP contribution in [-0.2, 0) is 4.74 Å². The van der Waals surface area contributed by atoms with Crippen molar-refractivity contribution in [2.75, 3.05) is 19.7 Å². The molecule has 1 atom stereocenters. The molecule has 0 spiro atoms. The van der Waals surface area contributed by atoms with Gasteiger partial charge in [-0.3, -0.25) is 9.78 Å². The summed E-state index contributed by atoms with van der Waals surface area (Å²) in [5, 5.41) is 0. The quantitative estimate of drug-likeness (QED) is 0.851. The minimum Gasteiger partial charge on any atom is -0.457 e. The van der Waals surface area contributed by atoms with Crippen LogP contribution in [0.2, 0.25) is 0 Å². The lowest BCUT2D eigenvalue weighted by Crippen LogP contribution is -2.30. The molecule has 1 fully saturated rings. The monoisotopic (exact) mass is 312 g/mol. The molecule has 1 amide bonds. The lowest BCUT2D eigenvalue weighted by molar-refractivity contribution is 0.0595. The third kappa shape index (κ3) is 3.87. The molecular formula is C18H20N2O3. The lowest BCUT2D eigenvalue weighted by atomic mass is 10.3. The van der Waals surface area contributed by atoms with Crippen molar-refractivity contribution in [3.8, 4) is 11.5 Å². The third-order valence-electron chi connectivity index (χ3n) is 3.76. The molecule has 1 aromatic heterocycles. The van der Waals surface area contributed by atoms with Gasteiger partial charge < -0.3 is 14.4 Å². The summed E-state index contributed by atoms with van der Waals surface area (Å²) in [6, 6.07) is 12.9. The van der Waals surface area contributed by atoms with Crippen LogP contribution in [0.5, 0.6) is 11.5 Å². The Morgan fingerprint density at radius 1 is 1.26 bits per heavy atom. The molecule has 2 aromatic rings.